The summed E-state index contributed by atoms with van der Waals surface area (Å²) < 4.78 is 1.28. The van der Waals surface area contributed by atoms with Crippen molar-refractivity contribution in [2.24, 2.45) is 7.05 Å². The summed E-state index contributed by atoms with van der Waals surface area (Å²) in [6, 6.07) is 0. The zero-order chi connectivity index (χ0) is 9.59. The molecule has 0 aliphatic heterocycles. The lowest BCUT2D eigenvalue weighted by atomic mass is 10.5. The zero-order valence-electron chi connectivity index (χ0n) is 7.20. The van der Waals surface area contributed by atoms with Crippen LogP contribution >= 0.6 is 0 Å². The summed E-state index contributed by atoms with van der Waals surface area (Å²) in [5, 5.41) is 9.29. The molecule has 2 rings (SSSR count). The topological polar surface area (TPSA) is 83.8 Å². The van der Waals surface area contributed by atoms with Crippen LogP contribution in [0.3, 0.4) is 0 Å². The van der Waals surface area contributed by atoms with Crippen molar-refractivity contribution in [1.29, 1.82) is 0 Å². The van der Waals surface area contributed by atoms with E-state index in [1.54, 1.807) is 14.0 Å². The summed E-state index contributed by atoms with van der Waals surface area (Å²) in [4.78, 5) is 21.4. The van der Waals surface area contributed by atoms with Crippen LogP contribution in [0.5, 0.6) is 5.88 Å². The van der Waals surface area contributed by atoms with E-state index in [4.69, 9.17) is 0 Å². The number of aromatic amines is 1. The number of hydrogen-bond acceptors (Lipinski definition) is 4. The second-order valence-electron chi connectivity index (χ2n) is 2.80. The van der Waals surface area contributed by atoms with Crippen LogP contribution in [0.1, 0.15) is 5.82 Å². The van der Waals surface area contributed by atoms with E-state index in [0.717, 1.165) is 0 Å². The normalized spacial score (nSPS) is 10.9. The van der Waals surface area contributed by atoms with Gasteiger partial charge >= 0.3 is 5.69 Å². The third-order valence-corrected chi connectivity index (χ3v) is 1.83. The fraction of sp³-hybridized carbons (Fsp3) is 0.286. The summed E-state index contributed by atoms with van der Waals surface area (Å²) in [6.07, 6.45) is 0. The van der Waals surface area contributed by atoms with Crippen molar-refractivity contribution in [2.45, 2.75) is 6.92 Å². The molecule has 0 saturated heterocycles. The molecule has 0 radical (unpaired) electrons. The summed E-state index contributed by atoms with van der Waals surface area (Å²) in [5.74, 6) is 0.326. The molecule has 0 aromatic carbocycles. The molecule has 2 aromatic rings. The van der Waals surface area contributed by atoms with E-state index < -0.39 is 5.69 Å². The zero-order valence-corrected chi connectivity index (χ0v) is 7.20. The predicted octanol–water partition coefficient (Wildman–Crippen LogP) is -0.329. The van der Waals surface area contributed by atoms with E-state index in [0.29, 0.717) is 17.0 Å². The molecule has 0 unspecified atom stereocenters. The van der Waals surface area contributed by atoms with E-state index in [9.17, 15) is 9.90 Å². The summed E-state index contributed by atoms with van der Waals surface area (Å²) in [7, 11) is 1.55. The largest absolute Gasteiger partial charge is 0.492 e. The van der Waals surface area contributed by atoms with Crippen molar-refractivity contribution in [1.82, 2.24) is 19.5 Å². The maximum Gasteiger partial charge on any atom is 0.352 e. The molecule has 0 fully saturated rings. The number of aromatic hydroxyl groups is 1. The fourth-order valence-electron chi connectivity index (χ4n) is 1.19. The van der Waals surface area contributed by atoms with Gasteiger partial charge in [-0.25, -0.2) is 9.78 Å². The number of aryl methyl sites for hydroxylation is 2. The molecule has 0 atom stereocenters. The van der Waals surface area contributed by atoms with Gasteiger partial charge < -0.3 is 10.1 Å². The van der Waals surface area contributed by atoms with E-state index in [2.05, 4.69) is 15.0 Å². The third kappa shape index (κ3) is 0.986. The van der Waals surface area contributed by atoms with E-state index in [-0.39, 0.29) is 5.88 Å². The van der Waals surface area contributed by atoms with Crippen molar-refractivity contribution >= 4 is 11.2 Å². The van der Waals surface area contributed by atoms with Crippen LogP contribution in [0.25, 0.3) is 11.2 Å². The molecule has 0 spiro atoms. The molecule has 6 nitrogen and oxygen atoms in total. The standard InChI is InChI=1S/C7H8N4O2/c1-3-8-4-5(9-3)11(2)7(13)10-6(4)12/h1-2H3,(H,8,9)(H,10,12,13). The number of imidazole rings is 1. The van der Waals surface area contributed by atoms with Gasteiger partial charge in [0.15, 0.2) is 5.65 Å². The van der Waals surface area contributed by atoms with Gasteiger partial charge in [-0.3, -0.25) is 4.57 Å². The fourth-order valence-corrected chi connectivity index (χ4v) is 1.19. The van der Waals surface area contributed by atoms with Crippen LogP contribution in [0.4, 0.5) is 0 Å². The molecule has 0 aliphatic carbocycles. The highest BCUT2D eigenvalue weighted by Crippen LogP contribution is 2.16. The van der Waals surface area contributed by atoms with Crippen LogP contribution in [-0.4, -0.2) is 24.6 Å². The monoisotopic (exact) mass is 180 g/mol. The first-order chi connectivity index (χ1) is 6.09. The van der Waals surface area contributed by atoms with Crippen LogP contribution in [0, 0.1) is 6.92 Å². The van der Waals surface area contributed by atoms with Crippen LogP contribution < -0.4 is 5.69 Å². The van der Waals surface area contributed by atoms with E-state index in [1.165, 1.54) is 4.57 Å². The predicted molar refractivity (Wildman–Crippen MR) is 45.5 cm³/mol. The van der Waals surface area contributed by atoms with Crippen LogP contribution in [0.2, 0.25) is 0 Å². The molecule has 0 aliphatic rings. The number of rotatable bonds is 0. The molecule has 68 valence electrons. The average Bonchev–Trinajstić information content (AvgIpc) is 2.44. The van der Waals surface area contributed by atoms with Gasteiger partial charge in [-0.05, 0) is 6.92 Å². The number of H-pyrrole nitrogens is 1. The van der Waals surface area contributed by atoms with Gasteiger partial charge in [-0.15, -0.1) is 0 Å². The lowest BCUT2D eigenvalue weighted by Crippen LogP contribution is -2.19. The Labute approximate surface area is 72.9 Å². The van der Waals surface area contributed by atoms with Gasteiger partial charge in [0, 0.05) is 7.05 Å². The van der Waals surface area contributed by atoms with E-state index >= 15 is 0 Å². The first kappa shape index (κ1) is 7.78. The number of nitrogens with one attached hydrogen (secondary N) is 1. The first-order valence-electron chi connectivity index (χ1n) is 3.72. The Morgan fingerprint density at radius 2 is 2.15 bits per heavy atom. The number of fused-ring (bicyclic) bond motifs is 1. The minimum atomic E-state index is -0.517. The maximum absolute atomic E-state index is 11.1. The van der Waals surface area contributed by atoms with Crippen LogP contribution in [0.15, 0.2) is 4.79 Å². The molecule has 0 saturated carbocycles. The Bertz CT molecular complexity index is 525. The van der Waals surface area contributed by atoms with Crippen molar-refractivity contribution in [3.8, 4) is 5.88 Å². The highest BCUT2D eigenvalue weighted by Gasteiger charge is 2.10. The Morgan fingerprint density at radius 1 is 1.46 bits per heavy atom. The van der Waals surface area contributed by atoms with Gasteiger partial charge in [0.2, 0.25) is 5.88 Å². The average molecular weight is 180 g/mol. The highest BCUT2D eigenvalue weighted by molar-refractivity contribution is 5.75. The highest BCUT2D eigenvalue weighted by atomic mass is 16.3. The SMILES string of the molecule is Cc1nc2c([nH]1)c(O)nc(=O)n2C. The quantitative estimate of drug-likeness (QED) is 0.581. The summed E-state index contributed by atoms with van der Waals surface area (Å²) in [5.41, 5.74) is 0.283. The van der Waals surface area contributed by atoms with E-state index in [1.807, 2.05) is 0 Å². The lowest BCUT2D eigenvalue weighted by Gasteiger charge is -1.97. The molecule has 0 bridgehead atoms. The Hall–Kier alpha value is -1.85. The molecule has 2 heterocycles. The second kappa shape index (κ2) is 2.32. The molecule has 2 aromatic heterocycles. The number of hydrogen-bond donors (Lipinski definition) is 2. The minimum absolute atomic E-state index is 0.307. The first-order valence-corrected chi connectivity index (χ1v) is 3.72. The lowest BCUT2D eigenvalue weighted by molar-refractivity contribution is 0.453. The molecule has 13 heavy (non-hydrogen) atoms. The minimum Gasteiger partial charge on any atom is -0.492 e. The van der Waals surface area contributed by atoms with Crippen LogP contribution in [-0.2, 0) is 7.05 Å². The van der Waals surface area contributed by atoms with Gasteiger partial charge in [0.1, 0.15) is 11.3 Å². The summed E-state index contributed by atoms with van der Waals surface area (Å²) in [6.45, 7) is 1.74. The summed E-state index contributed by atoms with van der Waals surface area (Å²) >= 11 is 0. The third-order valence-electron chi connectivity index (χ3n) is 1.83. The molecular formula is C7H8N4O2. The smallest absolute Gasteiger partial charge is 0.352 e. The van der Waals surface area contributed by atoms with Gasteiger partial charge in [0.05, 0.1) is 0 Å². The van der Waals surface area contributed by atoms with Crippen molar-refractivity contribution in [2.75, 3.05) is 0 Å². The van der Waals surface area contributed by atoms with Crippen molar-refractivity contribution in [3.63, 3.8) is 0 Å². The van der Waals surface area contributed by atoms with Gasteiger partial charge in [-0.2, -0.15) is 4.98 Å². The molecule has 0 amide bonds. The molecule has 2 N–H and O–H groups in total. The molecular weight excluding hydrogens is 172 g/mol. The Morgan fingerprint density at radius 3 is 2.85 bits per heavy atom. The second-order valence-corrected chi connectivity index (χ2v) is 2.80. The molecule has 6 heteroatoms. The van der Waals surface area contributed by atoms with Crippen molar-refractivity contribution in [3.05, 3.63) is 16.3 Å². The van der Waals surface area contributed by atoms with Gasteiger partial charge in [0.25, 0.3) is 0 Å². The maximum atomic E-state index is 11.1. The van der Waals surface area contributed by atoms with Crippen molar-refractivity contribution < 1.29 is 5.11 Å². The number of nitrogens with zero attached hydrogens (tertiary/aromatic N) is 3. The van der Waals surface area contributed by atoms with Gasteiger partial charge in [-0.1, -0.05) is 0 Å². The Kier molecular flexibility index (Phi) is 1.39. The number of aromatic nitrogens is 4. The Balaban J connectivity index is 3.04.